The standard InChI is InChI=1S/C22H29ClN4O/c1-15(2)21-24-13-19(23)20(26-21)22(28)25-12-17-8-10-27(11-9-17)14-18-6-4-16(3)5-7-18/h4-7,13,15,17H,8-12,14H2,1-3H3,(H,25,28). The van der Waals surface area contributed by atoms with Crippen LogP contribution in [0.4, 0.5) is 0 Å². The van der Waals surface area contributed by atoms with Crippen molar-refractivity contribution in [2.24, 2.45) is 5.92 Å². The molecule has 5 nitrogen and oxygen atoms in total. The monoisotopic (exact) mass is 400 g/mol. The molecule has 0 atom stereocenters. The summed E-state index contributed by atoms with van der Waals surface area (Å²) in [5, 5.41) is 3.31. The van der Waals surface area contributed by atoms with Gasteiger partial charge in [-0.1, -0.05) is 55.3 Å². The number of benzene rings is 1. The first kappa shape index (κ1) is 20.7. The first-order chi connectivity index (χ1) is 13.4. The van der Waals surface area contributed by atoms with Gasteiger partial charge >= 0.3 is 0 Å². The molecule has 0 spiro atoms. The molecule has 2 aromatic rings. The molecule has 0 saturated carbocycles. The summed E-state index contributed by atoms with van der Waals surface area (Å²) in [6, 6.07) is 8.75. The van der Waals surface area contributed by atoms with Crippen LogP contribution in [0.15, 0.2) is 30.5 Å². The summed E-state index contributed by atoms with van der Waals surface area (Å²) in [6.07, 6.45) is 3.68. The molecule has 1 N–H and O–H groups in total. The second kappa shape index (κ2) is 9.48. The molecule has 1 aromatic carbocycles. The molecule has 1 saturated heterocycles. The van der Waals surface area contributed by atoms with Gasteiger partial charge in [-0.3, -0.25) is 9.69 Å². The molecular formula is C22H29ClN4O. The van der Waals surface area contributed by atoms with Crippen LogP contribution in [-0.4, -0.2) is 40.4 Å². The number of amides is 1. The lowest BCUT2D eigenvalue weighted by Crippen LogP contribution is -2.38. The number of nitrogens with one attached hydrogen (secondary N) is 1. The van der Waals surface area contributed by atoms with Crippen molar-refractivity contribution in [3.8, 4) is 0 Å². The maximum absolute atomic E-state index is 12.5. The molecular weight excluding hydrogens is 372 g/mol. The van der Waals surface area contributed by atoms with Crippen LogP contribution in [0.5, 0.6) is 0 Å². The molecule has 2 heterocycles. The predicted molar refractivity (Wildman–Crippen MR) is 113 cm³/mol. The highest BCUT2D eigenvalue weighted by Crippen LogP contribution is 2.20. The number of likely N-dealkylation sites (tertiary alicyclic amines) is 1. The van der Waals surface area contributed by atoms with Gasteiger partial charge in [-0.2, -0.15) is 0 Å². The molecule has 1 amide bonds. The van der Waals surface area contributed by atoms with Gasteiger partial charge in [-0.05, 0) is 44.3 Å². The molecule has 1 aliphatic rings. The van der Waals surface area contributed by atoms with Crippen molar-refractivity contribution in [3.63, 3.8) is 0 Å². The van der Waals surface area contributed by atoms with Crippen molar-refractivity contribution in [3.05, 3.63) is 58.1 Å². The third-order valence-corrected chi connectivity index (χ3v) is 5.56. The Labute approximate surface area is 172 Å². The Morgan fingerprint density at radius 2 is 1.93 bits per heavy atom. The van der Waals surface area contributed by atoms with Gasteiger partial charge in [0.25, 0.3) is 5.91 Å². The van der Waals surface area contributed by atoms with E-state index >= 15 is 0 Å². The van der Waals surface area contributed by atoms with Gasteiger partial charge in [0.05, 0.1) is 11.2 Å². The summed E-state index contributed by atoms with van der Waals surface area (Å²) in [5.41, 5.74) is 2.93. The van der Waals surface area contributed by atoms with E-state index in [9.17, 15) is 4.79 Å². The second-order valence-corrected chi connectivity index (χ2v) is 8.40. The molecule has 0 bridgehead atoms. The lowest BCUT2D eigenvalue weighted by Gasteiger charge is -2.32. The Kier molecular flexibility index (Phi) is 7.03. The van der Waals surface area contributed by atoms with Crippen molar-refractivity contribution in [2.75, 3.05) is 19.6 Å². The molecule has 3 rings (SSSR count). The number of carbonyl (C=O) groups excluding carboxylic acids is 1. The van der Waals surface area contributed by atoms with Crippen molar-refractivity contribution in [2.45, 2.75) is 46.1 Å². The molecule has 1 aromatic heterocycles. The molecule has 1 aliphatic heterocycles. The summed E-state index contributed by atoms with van der Waals surface area (Å²) in [6.45, 7) is 9.87. The largest absolute Gasteiger partial charge is 0.350 e. The summed E-state index contributed by atoms with van der Waals surface area (Å²) < 4.78 is 0. The number of hydrogen-bond acceptors (Lipinski definition) is 4. The van der Waals surface area contributed by atoms with Crippen molar-refractivity contribution in [1.82, 2.24) is 20.2 Å². The Bertz CT molecular complexity index is 799. The smallest absolute Gasteiger partial charge is 0.271 e. The Morgan fingerprint density at radius 1 is 1.25 bits per heavy atom. The highest BCUT2D eigenvalue weighted by molar-refractivity contribution is 6.33. The number of rotatable bonds is 6. The second-order valence-electron chi connectivity index (χ2n) is 7.99. The average molecular weight is 401 g/mol. The van der Waals surface area contributed by atoms with E-state index in [0.717, 1.165) is 32.5 Å². The lowest BCUT2D eigenvalue weighted by molar-refractivity contribution is 0.0930. The SMILES string of the molecule is Cc1ccc(CN2CCC(CNC(=O)c3nc(C(C)C)ncc3Cl)CC2)cc1. The minimum absolute atomic E-state index is 0.154. The Balaban J connectivity index is 1.47. The van der Waals surface area contributed by atoms with Crippen LogP contribution in [0.2, 0.25) is 5.02 Å². The number of aromatic nitrogens is 2. The van der Waals surface area contributed by atoms with E-state index in [4.69, 9.17) is 11.6 Å². The maximum Gasteiger partial charge on any atom is 0.271 e. The number of carbonyl (C=O) groups is 1. The average Bonchev–Trinajstić information content (AvgIpc) is 2.69. The normalized spacial score (nSPS) is 15.8. The summed E-state index contributed by atoms with van der Waals surface area (Å²) in [4.78, 5) is 23.5. The van der Waals surface area contributed by atoms with Gasteiger partial charge in [0.1, 0.15) is 11.5 Å². The number of piperidine rings is 1. The fraction of sp³-hybridized carbons (Fsp3) is 0.500. The van der Waals surface area contributed by atoms with Gasteiger partial charge < -0.3 is 5.32 Å². The third-order valence-electron chi connectivity index (χ3n) is 5.28. The van der Waals surface area contributed by atoms with E-state index in [1.165, 1.54) is 17.3 Å². The van der Waals surface area contributed by atoms with E-state index in [1.54, 1.807) is 0 Å². The number of hydrogen-bond donors (Lipinski definition) is 1. The minimum Gasteiger partial charge on any atom is -0.350 e. The van der Waals surface area contributed by atoms with Crippen molar-refractivity contribution < 1.29 is 4.79 Å². The summed E-state index contributed by atoms with van der Waals surface area (Å²) in [7, 11) is 0. The fourth-order valence-corrected chi connectivity index (χ4v) is 3.62. The molecule has 0 aliphatic carbocycles. The predicted octanol–water partition coefficient (Wildman–Crippen LogP) is 4.20. The zero-order valence-corrected chi connectivity index (χ0v) is 17.7. The van der Waals surface area contributed by atoms with Gasteiger partial charge in [0.2, 0.25) is 0 Å². The van der Waals surface area contributed by atoms with Gasteiger partial charge in [0, 0.05) is 19.0 Å². The van der Waals surface area contributed by atoms with Gasteiger partial charge in [0.15, 0.2) is 0 Å². The molecule has 0 radical (unpaired) electrons. The summed E-state index contributed by atoms with van der Waals surface area (Å²) in [5.74, 6) is 1.07. The highest BCUT2D eigenvalue weighted by atomic mass is 35.5. The Morgan fingerprint density at radius 3 is 2.57 bits per heavy atom. The maximum atomic E-state index is 12.5. The van der Waals surface area contributed by atoms with E-state index in [1.807, 2.05) is 13.8 Å². The molecule has 150 valence electrons. The zero-order valence-electron chi connectivity index (χ0n) is 16.9. The van der Waals surface area contributed by atoms with E-state index in [-0.39, 0.29) is 17.5 Å². The minimum atomic E-state index is -0.212. The van der Waals surface area contributed by atoms with Crippen LogP contribution >= 0.6 is 11.6 Å². The molecule has 0 unspecified atom stereocenters. The van der Waals surface area contributed by atoms with Crippen LogP contribution in [0.1, 0.15) is 60.0 Å². The first-order valence-corrected chi connectivity index (χ1v) is 10.4. The number of aryl methyl sites for hydroxylation is 1. The quantitative estimate of drug-likeness (QED) is 0.789. The van der Waals surface area contributed by atoms with E-state index in [0.29, 0.717) is 23.3 Å². The summed E-state index contributed by atoms with van der Waals surface area (Å²) >= 11 is 6.13. The van der Waals surface area contributed by atoms with Crippen LogP contribution < -0.4 is 5.32 Å². The van der Waals surface area contributed by atoms with Gasteiger partial charge in [-0.15, -0.1) is 0 Å². The number of halogens is 1. The van der Waals surface area contributed by atoms with Gasteiger partial charge in [-0.25, -0.2) is 9.97 Å². The molecule has 6 heteroatoms. The topological polar surface area (TPSA) is 58.1 Å². The fourth-order valence-electron chi connectivity index (χ4n) is 3.44. The molecule has 28 heavy (non-hydrogen) atoms. The Hall–Kier alpha value is -1.98. The van der Waals surface area contributed by atoms with Crippen molar-refractivity contribution >= 4 is 17.5 Å². The highest BCUT2D eigenvalue weighted by Gasteiger charge is 2.21. The van der Waals surface area contributed by atoms with Crippen molar-refractivity contribution in [1.29, 1.82) is 0 Å². The van der Waals surface area contributed by atoms with E-state index in [2.05, 4.69) is 51.4 Å². The van der Waals surface area contributed by atoms with Crippen LogP contribution in [0.3, 0.4) is 0 Å². The first-order valence-electron chi connectivity index (χ1n) is 10.0. The lowest BCUT2D eigenvalue weighted by atomic mass is 9.96. The number of nitrogens with zero attached hydrogens (tertiary/aromatic N) is 3. The van der Waals surface area contributed by atoms with Crippen LogP contribution in [0, 0.1) is 12.8 Å². The third kappa shape index (κ3) is 5.52. The van der Waals surface area contributed by atoms with Crippen LogP contribution in [-0.2, 0) is 6.54 Å². The molecule has 1 fully saturated rings. The van der Waals surface area contributed by atoms with E-state index < -0.39 is 0 Å². The van der Waals surface area contributed by atoms with Crippen LogP contribution in [0.25, 0.3) is 0 Å². The zero-order chi connectivity index (χ0) is 20.1.